The Morgan fingerprint density at radius 2 is 2.19 bits per heavy atom. The molecule has 0 N–H and O–H groups in total. The van der Waals surface area contributed by atoms with Gasteiger partial charge in [0, 0.05) is 46.9 Å². The third-order valence-electron chi connectivity index (χ3n) is 5.27. The number of ether oxygens (including phenoxy) is 1. The number of anilines is 2. The largest absolute Gasteiger partial charge is 0.378 e. The highest BCUT2D eigenvalue weighted by Gasteiger charge is 2.35. The van der Waals surface area contributed by atoms with Crippen molar-refractivity contribution in [3.8, 4) is 0 Å². The van der Waals surface area contributed by atoms with Crippen molar-refractivity contribution < 1.29 is 13.9 Å². The average Bonchev–Trinajstić information content (AvgIpc) is 3.02. The van der Waals surface area contributed by atoms with E-state index in [1.54, 1.807) is 24.2 Å². The third kappa shape index (κ3) is 5.06. The Morgan fingerprint density at radius 3 is 2.89 bits per heavy atom. The molecule has 150 valence electrons. The molecule has 1 aromatic heterocycles. The van der Waals surface area contributed by atoms with Gasteiger partial charge in [-0.05, 0) is 25.3 Å². The molecule has 2 aliphatic heterocycles. The second kappa shape index (κ2) is 8.82. The van der Waals surface area contributed by atoms with E-state index in [1.807, 2.05) is 23.9 Å². The normalized spacial score (nSPS) is 25.5. The molecule has 0 bridgehead atoms. The summed E-state index contributed by atoms with van der Waals surface area (Å²) in [4.78, 5) is 26.8. The molecule has 0 spiro atoms. The molecule has 2 fully saturated rings. The molecule has 0 aliphatic carbocycles. The number of amides is 1. The van der Waals surface area contributed by atoms with Crippen LogP contribution in [0.4, 0.5) is 16.2 Å². The summed E-state index contributed by atoms with van der Waals surface area (Å²) in [5.74, 6) is 1.35. The van der Waals surface area contributed by atoms with E-state index in [1.165, 1.54) is 0 Å². The Morgan fingerprint density at radius 1 is 1.37 bits per heavy atom. The number of likely N-dealkylation sites (N-methyl/N-ethyl adjacent to an activating group) is 1. The van der Waals surface area contributed by atoms with E-state index in [-0.39, 0.29) is 18.1 Å². The van der Waals surface area contributed by atoms with Crippen LogP contribution in [0.3, 0.4) is 0 Å². The van der Waals surface area contributed by atoms with E-state index < -0.39 is 6.17 Å². The minimum Gasteiger partial charge on any atom is -0.378 e. The number of hydrogen-bond acceptors (Lipinski definition) is 6. The van der Waals surface area contributed by atoms with E-state index in [4.69, 9.17) is 4.74 Å². The van der Waals surface area contributed by atoms with E-state index in [0.29, 0.717) is 37.7 Å². The van der Waals surface area contributed by atoms with Gasteiger partial charge in [-0.15, -0.1) is 0 Å². The Hall–Kier alpha value is -1.96. The van der Waals surface area contributed by atoms with Crippen LogP contribution in [0.1, 0.15) is 32.1 Å². The molecular weight excluding hydrogens is 349 g/mol. The van der Waals surface area contributed by atoms with Gasteiger partial charge < -0.3 is 19.4 Å². The lowest BCUT2D eigenvalue weighted by molar-refractivity contribution is -0.134. The zero-order valence-electron chi connectivity index (χ0n) is 16.5. The number of hydrogen-bond donors (Lipinski definition) is 0. The van der Waals surface area contributed by atoms with Gasteiger partial charge in [0.15, 0.2) is 0 Å². The highest BCUT2D eigenvalue weighted by atomic mass is 19.1. The molecule has 0 saturated carbocycles. The van der Waals surface area contributed by atoms with Crippen molar-refractivity contribution >= 4 is 17.7 Å². The maximum absolute atomic E-state index is 14.2. The summed E-state index contributed by atoms with van der Waals surface area (Å²) < 4.78 is 19.8. The first kappa shape index (κ1) is 19.8. The van der Waals surface area contributed by atoms with Crippen LogP contribution in [0.25, 0.3) is 0 Å². The Balaban J connectivity index is 1.63. The van der Waals surface area contributed by atoms with Crippen molar-refractivity contribution in [1.29, 1.82) is 0 Å². The molecule has 3 rings (SSSR count). The fourth-order valence-electron chi connectivity index (χ4n) is 3.76. The van der Waals surface area contributed by atoms with E-state index in [0.717, 1.165) is 25.9 Å². The summed E-state index contributed by atoms with van der Waals surface area (Å²) >= 11 is 0. The lowest BCUT2D eigenvalue weighted by atomic mass is 10.1. The number of alkyl halides is 1. The summed E-state index contributed by atoms with van der Waals surface area (Å²) in [7, 11) is 5.54. The Kier molecular flexibility index (Phi) is 6.46. The predicted octanol–water partition coefficient (Wildman–Crippen LogP) is 1.88. The lowest BCUT2D eigenvalue weighted by Gasteiger charge is -2.30. The zero-order valence-corrected chi connectivity index (χ0v) is 16.5. The average molecular weight is 379 g/mol. The van der Waals surface area contributed by atoms with Gasteiger partial charge in [0.2, 0.25) is 11.9 Å². The van der Waals surface area contributed by atoms with Crippen LogP contribution in [0.2, 0.25) is 0 Å². The predicted molar refractivity (Wildman–Crippen MR) is 103 cm³/mol. The number of nitrogens with zero attached hydrogens (tertiary/aromatic N) is 5. The van der Waals surface area contributed by atoms with Crippen LogP contribution < -0.4 is 9.80 Å². The Labute approximate surface area is 160 Å². The molecule has 2 aliphatic rings. The number of halogens is 1. The van der Waals surface area contributed by atoms with Crippen LogP contribution in [-0.4, -0.2) is 79.9 Å². The van der Waals surface area contributed by atoms with Gasteiger partial charge in [-0.2, -0.15) is 4.98 Å². The number of carbonyl (C=O) groups is 1. The summed E-state index contributed by atoms with van der Waals surface area (Å²) in [5.41, 5.74) is 0. The second-order valence-electron chi connectivity index (χ2n) is 7.72. The summed E-state index contributed by atoms with van der Waals surface area (Å²) in [5, 5.41) is 0. The molecule has 27 heavy (non-hydrogen) atoms. The van der Waals surface area contributed by atoms with Gasteiger partial charge in [-0.3, -0.25) is 4.79 Å². The first-order chi connectivity index (χ1) is 12.9. The molecule has 3 atom stereocenters. The Bertz CT molecular complexity index is 638. The van der Waals surface area contributed by atoms with Crippen molar-refractivity contribution in [3.05, 3.63) is 12.3 Å². The van der Waals surface area contributed by atoms with Gasteiger partial charge in [0.05, 0.1) is 25.1 Å². The maximum Gasteiger partial charge on any atom is 0.226 e. The molecule has 1 aromatic rings. The third-order valence-corrected chi connectivity index (χ3v) is 5.27. The van der Waals surface area contributed by atoms with Crippen LogP contribution >= 0.6 is 0 Å². The fourth-order valence-corrected chi connectivity index (χ4v) is 3.76. The first-order valence-corrected chi connectivity index (χ1v) is 9.70. The van der Waals surface area contributed by atoms with Crippen LogP contribution in [-0.2, 0) is 9.53 Å². The monoisotopic (exact) mass is 379 g/mol. The van der Waals surface area contributed by atoms with E-state index >= 15 is 0 Å². The first-order valence-electron chi connectivity index (χ1n) is 9.70. The van der Waals surface area contributed by atoms with Crippen molar-refractivity contribution in [2.24, 2.45) is 0 Å². The quantitative estimate of drug-likeness (QED) is 0.752. The molecular formula is C19H30FN5O2. The minimum atomic E-state index is -0.919. The molecule has 0 radical (unpaired) electrons. The van der Waals surface area contributed by atoms with Gasteiger partial charge in [0.25, 0.3) is 0 Å². The molecule has 7 nitrogen and oxygen atoms in total. The van der Waals surface area contributed by atoms with Crippen LogP contribution in [0, 0.1) is 0 Å². The van der Waals surface area contributed by atoms with Gasteiger partial charge in [0.1, 0.15) is 12.0 Å². The summed E-state index contributed by atoms with van der Waals surface area (Å²) in [6.45, 7) is 1.51. The smallest absolute Gasteiger partial charge is 0.226 e. The summed E-state index contributed by atoms with van der Waals surface area (Å²) in [6.07, 6.45) is 4.72. The topological polar surface area (TPSA) is 61.8 Å². The van der Waals surface area contributed by atoms with Gasteiger partial charge >= 0.3 is 0 Å². The van der Waals surface area contributed by atoms with Gasteiger partial charge in [-0.1, -0.05) is 0 Å². The standard InChI is InChI=1S/C19H30FN5O2/c1-23(2)19-21-8-7-17(22-19)25-12-14(20)10-15(25)13-24(3)18(26)11-16-6-4-5-9-27-16/h7-8,14-16H,4-6,9-13H2,1-3H3/t14-,15-,16-/m0/s1. The molecule has 1 amide bonds. The highest BCUT2D eigenvalue weighted by Crippen LogP contribution is 2.27. The van der Waals surface area contributed by atoms with Crippen molar-refractivity contribution in [2.75, 3.05) is 50.6 Å². The van der Waals surface area contributed by atoms with Crippen molar-refractivity contribution in [1.82, 2.24) is 14.9 Å². The fraction of sp³-hybridized carbons (Fsp3) is 0.737. The molecule has 0 unspecified atom stereocenters. The van der Waals surface area contributed by atoms with Crippen LogP contribution in [0.15, 0.2) is 12.3 Å². The van der Waals surface area contributed by atoms with Crippen LogP contribution in [0.5, 0.6) is 0 Å². The van der Waals surface area contributed by atoms with Gasteiger partial charge in [-0.25, -0.2) is 9.37 Å². The molecule has 8 heteroatoms. The molecule has 0 aromatic carbocycles. The number of carbonyl (C=O) groups excluding carboxylic acids is 1. The maximum atomic E-state index is 14.2. The SMILES string of the molecule is CN(C[C@@H]1C[C@H](F)CN1c1ccnc(N(C)C)n1)C(=O)C[C@@H]1CCCCO1. The molecule has 2 saturated heterocycles. The number of rotatable bonds is 6. The highest BCUT2D eigenvalue weighted by molar-refractivity contribution is 5.76. The molecule has 3 heterocycles. The van der Waals surface area contributed by atoms with Crippen molar-refractivity contribution in [2.45, 2.75) is 50.4 Å². The number of aromatic nitrogens is 2. The second-order valence-corrected chi connectivity index (χ2v) is 7.72. The van der Waals surface area contributed by atoms with E-state index in [9.17, 15) is 9.18 Å². The minimum absolute atomic E-state index is 0.0202. The zero-order chi connectivity index (χ0) is 19.4. The van der Waals surface area contributed by atoms with E-state index in [2.05, 4.69) is 9.97 Å². The summed E-state index contributed by atoms with van der Waals surface area (Å²) in [6, 6.07) is 1.71. The lowest BCUT2D eigenvalue weighted by Crippen LogP contribution is -2.42. The van der Waals surface area contributed by atoms with Crippen molar-refractivity contribution in [3.63, 3.8) is 0 Å².